The quantitative estimate of drug-likeness (QED) is 0.817. The lowest BCUT2D eigenvalue weighted by atomic mass is 10.2. The van der Waals surface area contributed by atoms with Crippen LogP contribution in [0.15, 0.2) is 24.3 Å². The number of amides is 1. The first-order valence-electron chi connectivity index (χ1n) is 5.33. The highest BCUT2D eigenvalue weighted by Crippen LogP contribution is 2.14. The fourth-order valence-electron chi connectivity index (χ4n) is 1.27. The predicted molar refractivity (Wildman–Crippen MR) is 70.8 cm³/mol. The summed E-state index contributed by atoms with van der Waals surface area (Å²) in [6.07, 6.45) is 1.15. The first-order valence-corrected chi connectivity index (χ1v) is 7.60. The Bertz CT molecular complexity index is 517. The minimum Gasteiger partial charge on any atom is -0.352 e. The fourth-order valence-corrected chi connectivity index (χ4v) is 1.95. The number of halogens is 1. The van der Waals surface area contributed by atoms with Gasteiger partial charge in [-0.05, 0) is 11.6 Å². The molecular weight excluding hydrogens is 276 g/mol. The van der Waals surface area contributed by atoms with Crippen LogP contribution in [0.2, 0.25) is 5.02 Å². The molecule has 0 bridgehead atoms. The SMILES string of the molecule is CS(=O)(=O)NCCC(=O)NCc1ccccc1Cl. The van der Waals surface area contributed by atoms with Crippen molar-refractivity contribution in [2.75, 3.05) is 12.8 Å². The van der Waals surface area contributed by atoms with Gasteiger partial charge in [0.25, 0.3) is 0 Å². The Labute approximate surface area is 112 Å². The van der Waals surface area contributed by atoms with Crippen molar-refractivity contribution in [2.24, 2.45) is 0 Å². The molecule has 7 heteroatoms. The molecule has 0 aromatic heterocycles. The molecule has 18 heavy (non-hydrogen) atoms. The second-order valence-corrected chi connectivity index (χ2v) is 6.02. The molecule has 1 aromatic carbocycles. The number of hydrogen-bond donors (Lipinski definition) is 2. The van der Waals surface area contributed by atoms with E-state index in [1.165, 1.54) is 0 Å². The van der Waals surface area contributed by atoms with Crippen LogP contribution in [0.25, 0.3) is 0 Å². The molecule has 1 aromatic rings. The Morgan fingerprint density at radius 1 is 1.33 bits per heavy atom. The number of benzene rings is 1. The van der Waals surface area contributed by atoms with Crippen LogP contribution < -0.4 is 10.0 Å². The van der Waals surface area contributed by atoms with Crippen LogP contribution >= 0.6 is 11.6 Å². The normalized spacial score (nSPS) is 11.2. The van der Waals surface area contributed by atoms with Crippen LogP contribution in [0.3, 0.4) is 0 Å². The first-order chi connectivity index (χ1) is 8.38. The second kappa shape index (κ2) is 6.72. The van der Waals surface area contributed by atoms with E-state index < -0.39 is 10.0 Å². The van der Waals surface area contributed by atoms with Crippen molar-refractivity contribution in [1.82, 2.24) is 10.0 Å². The molecule has 1 amide bonds. The second-order valence-electron chi connectivity index (χ2n) is 3.78. The van der Waals surface area contributed by atoms with Crippen molar-refractivity contribution in [3.05, 3.63) is 34.9 Å². The van der Waals surface area contributed by atoms with Gasteiger partial charge < -0.3 is 5.32 Å². The highest BCUT2D eigenvalue weighted by molar-refractivity contribution is 7.88. The van der Waals surface area contributed by atoms with Gasteiger partial charge in [0.1, 0.15) is 0 Å². The number of carbonyl (C=O) groups is 1. The molecule has 0 atom stereocenters. The van der Waals surface area contributed by atoms with Gasteiger partial charge in [-0.3, -0.25) is 4.79 Å². The lowest BCUT2D eigenvalue weighted by Gasteiger charge is -2.07. The van der Waals surface area contributed by atoms with Crippen molar-refractivity contribution < 1.29 is 13.2 Å². The van der Waals surface area contributed by atoms with E-state index >= 15 is 0 Å². The maximum absolute atomic E-state index is 11.4. The van der Waals surface area contributed by atoms with E-state index in [2.05, 4.69) is 10.0 Å². The summed E-state index contributed by atoms with van der Waals surface area (Å²) < 4.78 is 23.8. The molecule has 0 saturated carbocycles. The lowest BCUT2D eigenvalue weighted by molar-refractivity contribution is -0.121. The highest BCUT2D eigenvalue weighted by atomic mass is 35.5. The van der Waals surface area contributed by atoms with E-state index in [1.54, 1.807) is 6.07 Å². The average Bonchev–Trinajstić information content (AvgIpc) is 2.26. The van der Waals surface area contributed by atoms with Crippen molar-refractivity contribution in [3.63, 3.8) is 0 Å². The third kappa shape index (κ3) is 6.00. The van der Waals surface area contributed by atoms with Crippen molar-refractivity contribution in [3.8, 4) is 0 Å². The zero-order valence-electron chi connectivity index (χ0n) is 9.94. The Morgan fingerprint density at radius 3 is 2.61 bits per heavy atom. The van der Waals surface area contributed by atoms with Gasteiger partial charge in [-0.25, -0.2) is 13.1 Å². The minimum atomic E-state index is -3.24. The Kier molecular flexibility index (Phi) is 5.58. The van der Waals surface area contributed by atoms with Crippen LogP contribution in [-0.4, -0.2) is 27.1 Å². The lowest BCUT2D eigenvalue weighted by Crippen LogP contribution is -2.29. The predicted octanol–water partition coefficient (Wildman–Crippen LogP) is 0.896. The molecule has 0 unspecified atom stereocenters. The molecule has 1 rings (SSSR count). The molecule has 0 saturated heterocycles. The monoisotopic (exact) mass is 290 g/mol. The van der Waals surface area contributed by atoms with Gasteiger partial charge in [-0.1, -0.05) is 29.8 Å². The van der Waals surface area contributed by atoms with Crippen molar-refractivity contribution in [1.29, 1.82) is 0 Å². The van der Waals surface area contributed by atoms with E-state index in [4.69, 9.17) is 11.6 Å². The molecular formula is C11H15ClN2O3S. The maximum atomic E-state index is 11.4. The van der Waals surface area contributed by atoms with E-state index in [-0.39, 0.29) is 18.9 Å². The number of carbonyl (C=O) groups excluding carboxylic acids is 1. The molecule has 5 nitrogen and oxygen atoms in total. The van der Waals surface area contributed by atoms with Gasteiger partial charge in [0.05, 0.1) is 6.26 Å². The summed E-state index contributed by atoms with van der Waals surface area (Å²) in [4.78, 5) is 11.4. The highest BCUT2D eigenvalue weighted by Gasteiger charge is 2.05. The molecule has 0 aliphatic rings. The zero-order valence-corrected chi connectivity index (χ0v) is 11.5. The molecule has 100 valence electrons. The average molecular weight is 291 g/mol. The molecule has 2 N–H and O–H groups in total. The number of sulfonamides is 1. The van der Waals surface area contributed by atoms with Crippen molar-refractivity contribution in [2.45, 2.75) is 13.0 Å². The molecule has 0 radical (unpaired) electrons. The largest absolute Gasteiger partial charge is 0.352 e. The Hall–Kier alpha value is -1.11. The third-order valence-electron chi connectivity index (χ3n) is 2.15. The molecule has 0 fully saturated rings. The summed E-state index contributed by atoms with van der Waals surface area (Å²) >= 11 is 5.93. The van der Waals surface area contributed by atoms with Gasteiger partial charge in [-0.2, -0.15) is 0 Å². The maximum Gasteiger partial charge on any atom is 0.221 e. The van der Waals surface area contributed by atoms with E-state index in [1.807, 2.05) is 18.2 Å². The minimum absolute atomic E-state index is 0.0905. The molecule has 0 heterocycles. The van der Waals surface area contributed by atoms with Crippen LogP contribution in [0.4, 0.5) is 0 Å². The van der Waals surface area contributed by atoms with Crippen LogP contribution in [0, 0.1) is 0 Å². The van der Waals surface area contributed by atoms with Crippen LogP contribution in [-0.2, 0) is 21.4 Å². The zero-order chi connectivity index (χ0) is 13.6. The fraction of sp³-hybridized carbons (Fsp3) is 0.364. The van der Waals surface area contributed by atoms with E-state index in [9.17, 15) is 13.2 Å². The summed E-state index contributed by atoms with van der Waals surface area (Å²) in [5.74, 6) is -0.230. The Balaban J connectivity index is 2.32. The third-order valence-corrected chi connectivity index (χ3v) is 3.25. The topological polar surface area (TPSA) is 75.3 Å². The Morgan fingerprint density at radius 2 is 2.00 bits per heavy atom. The van der Waals surface area contributed by atoms with Gasteiger partial charge in [0.2, 0.25) is 15.9 Å². The summed E-state index contributed by atoms with van der Waals surface area (Å²) in [6.45, 7) is 0.421. The summed E-state index contributed by atoms with van der Waals surface area (Å²) in [6, 6.07) is 7.20. The van der Waals surface area contributed by atoms with Gasteiger partial charge >= 0.3 is 0 Å². The number of nitrogens with one attached hydrogen (secondary N) is 2. The number of hydrogen-bond acceptors (Lipinski definition) is 3. The molecule has 0 aliphatic carbocycles. The van der Waals surface area contributed by atoms with Gasteiger partial charge in [0, 0.05) is 24.5 Å². The van der Waals surface area contributed by atoms with Crippen LogP contribution in [0.1, 0.15) is 12.0 Å². The number of rotatable bonds is 6. The summed E-state index contributed by atoms with van der Waals surface area (Å²) in [7, 11) is -3.24. The summed E-state index contributed by atoms with van der Waals surface area (Å²) in [5, 5.41) is 3.26. The summed E-state index contributed by atoms with van der Waals surface area (Å²) in [5.41, 5.74) is 0.823. The van der Waals surface area contributed by atoms with Gasteiger partial charge in [-0.15, -0.1) is 0 Å². The molecule has 0 spiro atoms. The standard InChI is InChI=1S/C11H15ClN2O3S/c1-18(16,17)14-7-6-11(15)13-8-9-4-2-3-5-10(9)12/h2-5,14H,6-8H2,1H3,(H,13,15). The van der Waals surface area contributed by atoms with Crippen molar-refractivity contribution >= 4 is 27.5 Å². The first kappa shape index (κ1) is 14.9. The van der Waals surface area contributed by atoms with Crippen LogP contribution in [0.5, 0.6) is 0 Å². The van der Waals surface area contributed by atoms with E-state index in [0.717, 1.165) is 11.8 Å². The van der Waals surface area contributed by atoms with Gasteiger partial charge in [0.15, 0.2) is 0 Å². The smallest absolute Gasteiger partial charge is 0.221 e. The molecule has 0 aliphatic heterocycles. The van der Waals surface area contributed by atoms with E-state index in [0.29, 0.717) is 11.6 Å².